The lowest BCUT2D eigenvalue weighted by atomic mass is 9.90. The van der Waals surface area contributed by atoms with Crippen LogP contribution in [0.5, 0.6) is 0 Å². The number of anilines is 2. The van der Waals surface area contributed by atoms with Crippen LogP contribution in [-0.2, 0) is 40.1 Å². The van der Waals surface area contributed by atoms with Crippen LogP contribution in [0.4, 0.5) is 42.2 Å². The number of aromatic nitrogens is 1. The number of carbonyl (C=O) groups is 1. The van der Waals surface area contributed by atoms with Crippen molar-refractivity contribution < 1.29 is 43.9 Å². The number of amides is 1. The minimum Gasteiger partial charge on any atom is -0.356 e. The summed E-state index contributed by atoms with van der Waals surface area (Å²) >= 11 is 0. The number of piperidine rings is 1. The number of nitrogens with one attached hydrogen (secondary N) is 2. The van der Waals surface area contributed by atoms with Gasteiger partial charge < -0.3 is 10.2 Å². The molecule has 1 amide bonds. The molecule has 2 aromatic carbocycles. The lowest BCUT2D eigenvalue weighted by Crippen LogP contribution is -2.36. The molecule has 2 N–H and O–H groups in total. The summed E-state index contributed by atoms with van der Waals surface area (Å²) in [4.78, 5) is 19.2. The molecular weight excluding hydrogens is 629 g/mol. The van der Waals surface area contributed by atoms with E-state index in [9.17, 15) is 43.9 Å². The lowest BCUT2D eigenvalue weighted by molar-refractivity contribution is -0.141. The second-order valence-electron chi connectivity index (χ2n) is 11.1. The van der Waals surface area contributed by atoms with Crippen molar-refractivity contribution in [3.8, 4) is 0 Å². The number of carbonyl (C=O) groups excluding carboxylic acids is 1. The number of hydrogen-bond acceptors (Lipinski definition) is 5. The van der Waals surface area contributed by atoms with Gasteiger partial charge in [0, 0.05) is 25.2 Å². The van der Waals surface area contributed by atoms with Crippen molar-refractivity contribution in [3.05, 3.63) is 88.4 Å². The van der Waals surface area contributed by atoms with Gasteiger partial charge in [0.25, 0.3) is 0 Å². The summed E-state index contributed by atoms with van der Waals surface area (Å²) in [7, 11) is -3.82. The molecule has 1 fully saturated rings. The fraction of sp³-hybridized carbons (Fsp3) is 0.400. The van der Waals surface area contributed by atoms with Gasteiger partial charge in [-0.25, -0.2) is 17.8 Å². The normalized spacial score (nSPS) is 15.5. The molecule has 1 aliphatic heterocycles. The highest BCUT2D eigenvalue weighted by atomic mass is 32.2. The van der Waals surface area contributed by atoms with E-state index in [0.29, 0.717) is 30.1 Å². The Kier molecular flexibility index (Phi) is 10.00. The van der Waals surface area contributed by atoms with Gasteiger partial charge in [-0.2, -0.15) is 26.3 Å². The largest absolute Gasteiger partial charge is 0.433 e. The summed E-state index contributed by atoms with van der Waals surface area (Å²) in [6.07, 6.45) is -7.11. The third-order valence-electron chi connectivity index (χ3n) is 7.51. The zero-order chi connectivity index (χ0) is 33.2. The molecule has 1 aliphatic rings. The highest BCUT2D eigenvalue weighted by Crippen LogP contribution is 2.33. The highest BCUT2D eigenvalue weighted by Gasteiger charge is 2.34. The monoisotopic (exact) mass is 660 g/mol. The van der Waals surface area contributed by atoms with Gasteiger partial charge in [-0.1, -0.05) is 31.2 Å². The molecule has 45 heavy (non-hydrogen) atoms. The summed E-state index contributed by atoms with van der Waals surface area (Å²) in [6.45, 7) is 2.76. The third-order valence-corrected chi connectivity index (χ3v) is 8.10. The van der Waals surface area contributed by atoms with Crippen LogP contribution in [0.15, 0.2) is 54.6 Å². The van der Waals surface area contributed by atoms with E-state index in [1.54, 1.807) is 4.90 Å². The maximum Gasteiger partial charge on any atom is 0.433 e. The van der Waals surface area contributed by atoms with Crippen LogP contribution in [0.3, 0.4) is 0 Å². The molecule has 244 valence electrons. The average Bonchev–Trinajstić information content (AvgIpc) is 2.95. The van der Waals surface area contributed by atoms with Gasteiger partial charge in [0.05, 0.1) is 23.4 Å². The van der Waals surface area contributed by atoms with Crippen LogP contribution in [0.2, 0.25) is 0 Å². The predicted molar refractivity (Wildman–Crippen MR) is 154 cm³/mol. The molecule has 4 rings (SSSR count). The van der Waals surface area contributed by atoms with E-state index in [2.05, 4.69) is 10.3 Å². The van der Waals surface area contributed by atoms with Crippen LogP contribution >= 0.6 is 0 Å². The molecule has 0 aliphatic carbocycles. The predicted octanol–water partition coefficient (Wildman–Crippen LogP) is 6.51. The number of sulfonamides is 1. The van der Waals surface area contributed by atoms with Gasteiger partial charge in [0.2, 0.25) is 15.9 Å². The summed E-state index contributed by atoms with van der Waals surface area (Å²) in [6, 6.07) is 9.51. The van der Waals surface area contributed by atoms with Gasteiger partial charge in [0.15, 0.2) is 0 Å². The molecular formula is C30H31F7N4O3S. The Balaban J connectivity index is 1.64. The van der Waals surface area contributed by atoms with E-state index in [-0.39, 0.29) is 30.0 Å². The van der Waals surface area contributed by atoms with Crippen LogP contribution in [0.1, 0.15) is 53.6 Å². The number of halogens is 7. The molecule has 2 heterocycles. The van der Waals surface area contributed by atoms with Crippen LogP contribution in [0, 0.1) is 11.7 Å². The Morgan fingerprint density at radius 3 is 2.18 bits per heavy atom. The highest BCUT2D eigenvalue weighted by molar-refractivity contribution is 7.92. The van der Waals surface area contributed by atoms with Crippen molar-refractivity contribution in [2.45, 2.75) is 51.0 Å². The first-order valence-electron chi connectivity index (χ1n) is 13.9. The Labute approximate surface area is 255 Å². The van der Waals surface area contributed by atoms with E-state index < -0.39 is 51.3 Å². The third kappa shape index (κ3) is 9.08. The first kappa shape index (κ1) is 34.0. The van der Waals surface area contributed by atoms with Gasteiger partial charge in [-0.05, 0) is 66.6 Å². The lowest BCUT2D eigenvalue weighted by Gasteiger charge is -2.33. The van der Waals surface area contributed by atoms with E-state index in [4.69, 9.17) is 0 Å². The van der Waals surface area contributed by atoms with Gasteiger partial charge in [-0.3, -0.25) is 9.52 Å². The second-order valence-corrected chi connectivity index (χ2v) is 12.9. The number of alkyl halides is 6. The zero-order valence-electron chi connectivity index (χ0n) is 24.3. The van der Waals surface area contributed by atoms with E-state index in [1.807, 2.05) is 11.6 Å². The number of benzene rings is 2. The molecule has 7 nitrogen and oxygen atoms in total. The zero-order valence-corrected chi connectivity index (χ0v) is 25.1. The summed E-state index contributed by atoms with van der Waals surface area (Å²) in [5, 5.41) is 2.67. The molecule has 3 aromatic rings. The Morgan fingerprint density at radius 2 is 1.62 bits per heavy atom. The maximum atomic E-state index is 14.9. The number of rotatable bonds is 9. The SMILES string of the molecule is CC1CCN(c2nc(C(F)(F)F)ccc2CNC(=O)C(Cc2ccc(C(F)(F)F)cc2)c2ccc(NS(C)(=O)=O)c(F)c2)CC1. The van der Waals surface area contributed by atoms with Crippen molar-refractivity contribution >= 4 is 27.4 Å². The smallest absolute Gasteiger partial charge is 0.356 e. The van der Waals surface area contributed by atoms with Gasteiger partial charge in [0.1, 0.15) is 17.3 Å². The summed E-state index contributed by atoms with van der Waals surface area (Å²) in [5.41, 5.74) is -1.61. The first-order chi connectivity index (χ1) is 20.9. The molecule has 0 spiro atoms. The summed E-state index contributed by atoms with van der Waals surface area (Å²) < 4.78 is 120. The molecule has 1 unspecified atom stereocenters. The molecule has 15 heteroatoms. The van der Waals surface area contributed by atoms with Gasteiger partial charge >= 0.3 is 12.4 Å². The summed E-state index contributed by atoms with van der Waals surface area (Å²) in [5.74, 6) is -2.36. The van der Waals surface area contributed by atoms with E-state index in [0.717, 1.165) is 49.4 Å². The minimum absolute atomic E-state index is 0.0820. The quantitative estimate of drug-likeness (QED) is 0.256. The molecule has 0 saturated carbocycles. The maximum absolute atomic E-state index is 14.9. The second kappa shape index (κ2) is 13.2. The molecule has 1 aromatic heterocycles. The number of pyridine rings is 1. The minimum atomic E-state index is -4.69. The number of hydrogen-bond donors (Lipinski definition) is 2. The van der Waals surface area contributed by atoms with Crippen LogP contribution in [-0.4, -0.2) is 38.7 Å². The number of nitrogens with zero attached hydrogens (tertiary/aromatic N) is 2. The van der Waals surface area contributed by atoms with Gasteiger partial charge in [-0.15, -0.1) is 0 Å². The molecule has 0 bridgehead atoms. The molecule has 1 saturated heterocycles. The standard InChI is InChI=1S/C30H31F7N4O3S/c1-18-11-13-41(14-12-18)27-21(6-10-26(39-27)30(35,36)37)17-38-28(42)23(15-19-3-7-22(8-4-19)29(32,33)34)20-5-9-25(24(31)16-20)40-45(2,43)44/h3-10,16,18,23,40H,11-15,17H2,1-2H3,(H,38,42). The molecule has 0 radical (unpaired) electrons. The van der Waals surface area contributed by atoms with Crippen LogP contribution < -0.4 is 14.9 Å². The van der Waals surface area contributed by atoms with Crippen molar-refractivity contribution in [2.24, 2.45) is 5.92 Å². The van der Waals surface area contributed by atoms with Crippen molar-refractivity contribution in [1.29, 1.82) is 0 Å². The topological polar surface area (TPSA) is 91.4 Å². The van der Waals surface area contributed by atoms with Crippen molar-refractivity contribution in [3.63, 3.8) is 0 Å². The average molecular weight is 661 g/mol. The molecule has 1 atom stereocenters. The van der Waals surface area contributed by atoms with E-state index >= 15 is 0 Å². The Morgan fingerprint density at radius 1 is 0.978 bits per heavy atom. The van der Waals surface area contributed by atoms with Crippen molar-refractivity contribution in [1.82, 2.24) is 10.3 Å². The first-order valence-corrected chi connectivity index (χ1v) is 15.8. The fourth-order valence-corrected chi connectivity index (χ4v) is 5.60. The van der Waals surface area contributed by atoms with Crippen molar-refractivity contribution in [2.75, 3.05) is 29.0 Å². The van der Waals surface area contributed by atoms with Crippen LogP contribution in [0.25, 0.3) is 0 Å². The Bertz CT molecular complexity index is 1620. The fourth-order valence-electron chi connectivity index (χ4n) is 5.03. The Hall–Kier alpha value is -3.88. The van der Waals surface area contributed by atoms with E-state index in [1.165, 1.54) is 24.3 Å².